The summed E-state index contributed by atoms with van der Waals surface area (Å²) in [5.41, 5.74) is 3.33. The minimum absolute atomic E-state index is 0.0750. The molecule has 0 radical (unpaired) electrons. The van der Waals surface area contributed by atoms with Gasteiger partial charge in [0.1, 0.15) is 0 Å². The number of nitro benzene ring substituents is 1. The Hall–Kier alpha value is -1.88. The van der Waals surface area contributed by atoms with Crippen molar-refractivity contribution in [1.82, 2.24) is 0 Å². The van der Waals surface area contributed by atoms with Gasteiger partial charge in [0.25, 0.3) is 5.69 Å². The van der Waals surface area contributed by atoms with E-state index in [1.54, 1.807) is 6.07 Å². The first kappa shape index (κ1) is 14.5. The molecule has 1 N–H and O–H groups in total. The smallest absolute Gasteiger partial charge is 0.270 e. The third kappa shape index (κ3) is 3.17. The van der Waals surface area contributed by atoms with Crippen molar-refractivity contribution in [3.8, 4) is 0 Å². The number of hydrogen-bond donors (Lipinski definition) is 1. The van der Waals surface area contributed by atoms with Crippen LogP contribution in [0.25, 0.3) is 0 Å². The molecule has 0 heterocycles. The molecule has 5 heteroatoms. The molecule has 0 aliphatic carbocycles. The van der Waals surface area contributed by atoms with Crippen LogP contribution in [0.1, 0.15) is 24.1 Å². The molecule has 0 aliphatic heterocycles. The minimum Gasteiger partial charge on any atom is -0.378 e. The van der Waals surface area contributed by atoms with Gasteiger partial charge in [-0.3, -0.25) is 10.1 Å². The standard InChI is InChI=1S/C15H15BrN2O2/c1-10-5-3-4-6-13(10)11(2)17-15-8-7-12(18(19)20)9-14(15)16/h3-9,11,17H,1-2H3. The summed E-state index contributed by atoms with van der Waals surface area (Å²) >= 11 is 3.37. The normalized spacial score (nSPS) is 11.9. The summed E-state index contributed by atoms with van der Waals surface area (Å²) in [6.45, 7) is 4.13. The Morgan fingerprint density at radius 1 is 1.25 bits per heavy atom. The molecule has 104 valence electrons. The zero-order valence-electron chi connectivity index (χ0n) is 11.3. The van der Waals surface area contributed by atoms with E-state index in [9.17, 15) is 10.1 Å². The van der Waals surface area contributed by atoms with Crippen molar-refractivity contribution in [3.05, 3.63) is 68.2 Å². The Morgan fingerprint density at radius 2 is 1.95 bits per heavy atom. The average Bonchev–Trinajstić information content (AvgIpc) is 2.41. The van der Waals surface area contributed by atoms with Gasteiger partial charge in [-0.05, 0) is 47.0 Å². The Balaban J connectivity index is 2.22. The lowest BCUT2D eigenvalue weighted by Gasteiger charge is -2.18. The van der Waals surface area contributed by atoms with Crippen molar-refractivity contribution in [2.75, 3.05) is 5.32 Å². The molecule has 2 rings (SSSR count). The van der Waals surface area contributed by atoms with Gasteiger partial charge < -0.3 is 5.32 Å². The minimum atomic E-state index is -0.403. The molecule has 0 spiro atoms. The summed E-state index contributed by atoms with van der Waals surface area (Å²) in [5, 5.41) is 14.1. The molecular formula is C15H15BrN2O2. The van der Waals surface area contributed by atoms with Crippen LogP contribution in [0.2, 0.25) is 0 Å². The van der Waals surface area contributed by atoms with Crippen molar-refractivity contribution in [2.24, 2.45) is 0 Å². The highest BCUT2D eigenvalue weighted by molar-refractivity contribution is 9.10. The van der Waals surface area contributed by atoms with E-state index in [2.05, 4.69) is 47.2 Å². The van der Waals surface area contributed by atoms with E-state index in [1.165, 1.54) is 23.3 Å². The number of nitrogens with one attached hydrogen (secondary N) is 1. The van der Waals surface area contributed by atoms with Gasteiger partial charge >= 0.3 is 0 Å². The Morgan fingerprint density at radius 3 is 2.55 bits per heavy atom. The van der Waals surface area contributed by atoms with Crippen molar-refractivity contribution in [3.63, 3.8) is 0 Å². The summed E-state index contributed by atoms with van der Waals surface area (Å²) in [4.78, 5) is 10.3. The van der Waals surface area contributed by atoms with Crippen molar-refractivity contribution >= 4 is 27.3 Å². The molecule has 2 aromatic rings. The Bertz CT molecular complexity index is 644. The maximum Gasteiger partial charge on any atom is 0.270 e. The molecule has 4 nitrogen and oxygen atoms in total. The predicted molar refractivity (Wildman–Crippen MR) is 84.0 cm³/mol. The first-order valence-electron chi connectivity index (χ1n) is 6.25. The zero-order valence-corrected chi connectivity index (χ0v) is 12.8. The zero-order chi connectivity index (χ0) is 14.7. The van der Waals surface area contributed by atoms with Crippen LogP contribution in [0.5, 0.6) is 0 Å². The fourth-order valence-electron chi connectivity index (χ4n) is 2.12. The van der Waals surface area contributed by atoms with Gasteiger partial charge in [0, 0.05) is 28.3 Å². The molecule has 2 aromatic carbocycles. The average molecular weight is 335 g/mol. The Kier molecular flexibility index (Phi) is 4.39. The first-order chi connectivity index (χ1) is 9.49. The number of aryl methyl sites for hydroxylation is 1. The number of nitro groups is 1. The van der Waals surface area contributed by atoms with Crippen molar-refractivity contribution < 1.29 is 4.92 Å². The van der Waals surface area contributed by atoms with Crippen LogP contribution in [-0.4, -0.2) is 4.92 Å². The maximum atomic E-state index is 10.7. The van der Waals surface area contributed by atoms with E-state index in [-0.39, 0.29) is 11.7 Å². The van der Waals surface area contributed by atoms with E-state index < -0.39 is 4.92 Å². The Labute approximate surface area is 126 Å². The fraction of sp³-hybridized carbons (Fsp3) is 0.200. The first-order valence-corrected chi connectivity index (χ1v) is 7.04. The quantitative estimate of drug-likeness (QED) is 0.642. The molecule has 1 unspecified atom stereocenters. The number of rotatable bonds is 4. The highest BCUT2D eigenvalue weighted by atomic mass is 79.9. The number of halogens is 1. The van der Waals surface area contributed by atoms with Gasteiger partial charge in [0.15, 0.2) is 0 Å². The van der Waals surface area contributed by atoms with Crippen LogP contribution in [0.15, 0.2) is 46.9 Å². The lowest BCUT2D eigenvalue weighted by atomic mass is 10.0. The van der Waals surface area contributed by atoms with E-state index in [0.717, 1.165) is 5.69 Å². The molecule has 0 fully saturated rings. The molecule has 20 heavy (non-hydrogen) atoms. The van der Waals surface area contributed by atoms with Gasteiger partial charge in [-0.2, -0.15) is 0 Å². The highest BCUT2D eigenvalue weighted by Gasteiger charge is 2.12. The topological polar surface area (TPSA) is 55.2 Å². The lowest BCUT2D eigenvalue weighted by molar-refractivity contribution is -0.384. The van der Waals surface area contributed by atoms with Crippen LogP contribution in [0, 0.1) is 17.0 Å². The third-order valence-corrected chi connectivity index (χ3v) is 3.85. The van der Waals surface area contributed by atoms with Gasteiger partial charge in [-0.15, -0.1) is 0 Å². The third-order valence-electron chi connectivity index (χ3n) is 3.19. The number of non-ortho nitro benzene ring substituents is 1. The second kappa shape index (κ2) is 6.05. The molecule has 0 bridgehead atoms. The van der Waals surface area contributed by atoms with Crippen molar-refractivity contribution in [1.29, 1.82) is 0 Å². The van der Waals surface area contributed by atoms with Crippen LogP contribution < -0.4 is 5.32 Å². The van der Waals surface area contributed by atoms with Crippen LogP contribution in [0.4, 0.5) is 11.4 Å². The molecule has 0 saturated heterocycles. The van der Waals surface area contributed by atoms with Gasteiger partial charge in [0.05, 0.1) is 4.92 Å². The number of benzene rings is 2. The number of anilines is 1. The monoisotopic (exact) mass is 334 g/mol. The van der Waals surface area contributed by atoms with Gasteiger partial charge in [-0.1, -0.05) is 24.3 Å². The summed E-state index contributed by atoms with van der Waals surface area (Å²) in [6, 6.07) is 13.0. The second-order valence-corrected chi connectivity index (χ2v) is 5.50. The van der Waals surface area contributed by atoms with Crippen LogP contribution in [-0.2, 0) is 0 Å². The predicted octanol–water partition coefficient (Wildman–Crippen LogP) is 4.84. The molecule has 0 saturated carbocycles. The second-order valence-electron chi connectivity index (χ2n) is 4.64. The molecule has 1 atom stereocenters. The van der Waals surface area contributed by atoms with E-state index in [0.29, 0.717) is 4.47 Å². The van der Waals surface area contributed by atoms with Crippen LogP contribution >= 0.6 is 15.9 Å². The van der Waals surface area contributed by atoms with E-state index in [1.807, 2.05) is 12.1 Å². The largest absolute Gasteiger partial charge is 0.378 e. The molecular weight excluding hydrogens is 320 g/mol. The van der Waals surface area contributed by atoms with Gasteiger partial charge in [0.2, 0.25) is 0 Å². The lowest BCUT2D eigenvalue weighted by Crippen LogP contribution is -2.08. The van der Waals surface area contributed by atoms with Crippen LogP contribution in [0.3, 0.4) is 0 Å². The van der Waals surface area contributed by atoms with E-state index in [4.69, 9.17) is 0 Å². The molecule has 0 amide bonds. The van der Waals surface area contributed by atoms with E-state index >= 15 is 0 Å². The maximum absolute atomic E-state index is 10.7. The fourth-order valence-corrected chi connectivity index (χ4v) is 2.60. The highest BCUT2D eigenvalue weighted by Crippen LogP contribution is 2.30. The molecule has 0 aromatic heterocycles. The summed E-state index contributed by atoms with van der Waals surface area (Å²) < 4.78 is 0.687. The molecule has 0 aliphatic rings. The summed E-state index contributed by atoms with van der Waals surface area (Å²) in [5.74, 6) is 0. The van der Waals surface area contributed by atoms with Gasteiger partial charge in [-0.25, -0.2) is 0 Å². The summed E-state index contributed by atoms with van der Waals surface area (Å²) in [6.07, 6.45) is 0. The number of nitrogens with zero attached hydrogens (tertiary/aromatic N) is 1. The van der Waals surface area contributed by atoms with Crippen molar-refractivity contribution in [2.45, 2.75) is 19.9 Å². The SMILES string of the molecule is Cc1ccccc1C(C)Nc1ccc([N+](=O)[O-])cc1Br. The number of hydrogen-bond acceptors (Lipinski definition) is 3. The summed E-state index contributed by atoms with van der Waals surface area (Å²) in [7, 11) is 0.